The molecule has 6 heteroatoms. The first-order valence-electron chi connectivity index (χ1n) is 8.95. The number of piperidine rings is 1. The predicted molar refractivity (Wildman–Crippen MR) is 107 cm³/mol. The summed E-state index contributed by atoms with van der Waals surface area (Å²) in [6.45, 7) is 4.54. The highest BCUT2D eigenvalue weighted by molar-refractivity contribution is 6.35. The fraction of sp³-hybridized carbons (Fsp3) is 0.400. The van der Waals surface area contributed by atoms with Crippen molar-refractivity contribution in [3.8, 4) is 0 Å². The van der Waals surface area contributed by atoms with E-state index < -0.39 is 0 Å². The largest absolute Gasteiger partial charge is 0.383 e. The Morgan fingerprint density at radius 2 is 2.15 bits per heavy atom. The molecule has 1 aliphatic heterocycles. The summed E-state index contributed by atoms with van der Waals surface area (Å²) in [6, 6.07) is 7.39. The van der Waals surface area contributed by atoms with Crippen LogP contribution in [0.15, 0.2) is 36.7 Å². The molecule has 2 aromatic rings. The quantitative estimate of drug-likeness (QED) is 0.786. The van der Waals surface area contributed by atoms with Gasteiger partial charge >= 0.3 is 0 Å². The van der Waals surface area contributed by atoms with Crippen molar-refractivity contribution < 1.29 is 4.79 Å². The summed E-state index contributed by atoms with van der Waals surface area (Å²) in [5.74, 6) is 0.625. The van der Waals surface area contributed by atoms with Gasteiger partial charge in [0.15, 0.2) is 0 Å². The lowest BCUT2D eigenvalue weighted by atomic mass is 10.00. The third-order valence-electron chi connectivity index (χ3n) is 4.67. The second kappa shape index (κ2) is 8.74. The molecule has 1 amide bonds. The first-order valence-corrected chi connectivity index (χ1v) is 9.70. The van der Waals surface area contributed by atoms with Gasteiger partial charge in [0.2, 0.25) is 0 Å². The molecular formula is C20H23Cl2N3O. The summed E-state index contributed by atoms with van der Waals surface area (Å²) in [5.41, 5.74) is 2.51. The minimum Gasteiger partial charge on any atom is -0.383 e. The minimum absolute atomic E-state index is 0.0634. The van der Waals surface area contributed by atoms with E-state index in [-0.39, 0.29) is 5.91 Å². The normalized spacial score (nSPS) is 17.2. The first kappa shape index (κ1) is 19.0. The number of rotatable bonds is 5. The molecule has 1 saturated heterocycles. The molecule has 1 unspecified atom stereocenters. The second-order valence-corrected chi connectivity index (χ2v) is 7.72. The zero-order chi connectivity index (χ0) is 18.5. The Morgan fingerprint density at radius 3 is 2.92 bits per heavy atom. The highest BCUT2D eigenvalue weighted by Crippen LogP contribution is 2.22. The van der Waals surface area contributed by atoms with Gasteiger partial charge in [-0.2, -0.15) is 0 Å². The van der Waals surface area contributed by atoms with E-state index in [2.05, 4.69) is 17.2 Å². The number of carbonyl (C=O) groups excluding carboxylic acids is 1. The third-order valence-corrected chi connectivity index (χ3v) is 5.25. The number of nitrogens with one attached hydrogen (secondary N) is 1. The number of anilines is 1. The molecule has 0 bridgehead atoms. The molecule has 0 aliphatic carbocycles. The van der Waals surface area contributed by atoms with Crippen LogP contribution in [0.2, 0.25) is 10.0 Å². The maximum absolute atomic E-state index is 12.7. The number of benzene rings is 1. The zero-order valence-electron chi connectivity index (χ0n) is 14.8. The van der Waals surface area contributed by atoms with Crippen LogP contribution < -0.4 is 5.32 Å². The number of pyridine rings is 1. The lowest BCUT2D eigenvalue weighted by molar-refractivity contribution is 0.0682. The molecule has 4 nitrogen and oxygen atoms in total. The standard InChI is InChI=1S/C20H23Cl2N3O/c1-14-3-2-8-25(13-14)20(26)16-9-18(12-23-11-16)24-7-6-15-4-5-17(21)10-19(15)22/h4-5,9-12,14,24H,2-3,6-8,13H2,1H3. The van der Waals surface area contributed by atoms with Crippen LogP contribution in [-0.4, -0.2) is 35.4 Å². The van der Waals surface area contributed by atoms with E-state index in [0.717, 1.165) is 37.2 Å². The number of nitrogens with zero attached hydrogens (tertiary/aromatic N) is 2. The van der Waals surface area contributed by atoms with Crippen molar-refractivity contribution in [2.45, 2.75) is 26.2 Å². The van der Waals surface area contributed by atoms with E-state index in [0.29, 0.717) is 28.1 Å². The summed E-state index contributed by atoms with van der Waals surface area (Å²) in [4.78, 5) is 18.9. The first-order chi connectivity index (χ1) is 12.5. The van der Waals surface area contributed by atoms with Crippen LogP contribution in [0.5, 0.6) is 0 Å². The average Bonchev–Trinajstić information content (AvgIpc) is 2.63. The number of halogens is 2. The van der Waals surface area contributed by atoms with Crippen molar-refractivity contribution in [2.75, 3.05) is 25.0 Å². The predicted octanol–water partition coefficient (Wildman–Crippen LogP) is 4.92. The summed E-state index contributed by atoms with van der Waals surface area (Å²) in [6.07, 6.45) is 6.40. The fourth-order valence-corrected chi connectivity index (χ4v) is 3.78. The van der Waals surface area contributed by atoms with Gasteiger partial charge in [0.1, 0.15) is 0 Å². The fourth-order valence-electron chi connectivity index (χ4n) is 3.28. The molecule has 1 atom stereocenters. The van der Waals surface area contributed by atoms with Crippen molar-refractivity contribution in [1.29, 1.82) is 0 Å². The molecule has 1 aromatic carbocycles. The topological polar surface area (TPSA) is 45.2 Å². The molecule has 0 radical (unpaired) electrons. The Balaban J connectivity index is 1.59. The van der Waals surface area contributed by atoms with Gasteiger partial charge in [-0.15, -0.1) is 0 Å². The Labute approximate surface area is 164 Å². The number of hydrogen-bond acceptors (Lipinski definition) is 3. The Morgan fingerprint density at radius 1 is 1.31 bits per heavy atom. The maximum Gasteiger partial charge on any atom is 0.255 e. The van der Waals surface area contributed by atoms with Crippen LogP contribution in [0.4, 0.5) is 5.69 Å². The molecule has 1 fully saturated rings. The van der Waals surface area contributed by atoms with E-state index in [9.17, 15) is 4.79 Å². The lowest BCUT2D eigenvalue weighted by Crippen LogP contribution is -2.39. The van der Waals surface area contributed by atoms with Gasteiger partial charge in [-0.05, 0) is 48.9 Å². The Hall–Kier alpha value is -1.78. The van der Waals surface area contributed by atoms with Gasteiger partial charge in [0.05, 0.1) is 11.3 Å². The smallest absolute Gasteiger partial charge is 0.255 e. The van der Waals surface area contributed by atoms with Crippen LogP contribution in [0.25, 0.3) is 0 Å². The zero-order valence-corrected chi connectivity index (χ0v) is 16.4. The van der Waals surface area contributed by atoms with Crippen LogP contribution in [-0.2, 0) is 6.42 Å². The molecule has 138 valence electrons. The number of amides is 1. The Kier molecular flexibility index (Phi) is 6.38. The van der Waals surface area contributed by atoms with Gasteiger partial charge in [0, 0.05) is 42.1 Å². The molecule has 1 aliphatic rings. The highest BCUT2D eigenvalue weighted by atomic mass is 35.5. The van der Waals surface area contributed by atoms with E-state index in [1.165, 1.54) is 6.42 Å². The summed E-state index contributed by atoms with van der Waals surface area (Å²) in [5, 5.41) is 4.62. The number of hydrogen-bond donors (Lipinski definition) is 1. The molecule has 2 heterocycles. The van der Waals surface area contributed by atoms with E-state index in [1.54, 1.807) is 18.5 Å². The van der Waals surface area contributed by atoms with Crippen LogP contribution in [0.3, 0.4) is 0 Å². The molecular weight excluding hydrogens is 369 g/mol. The van der Waals surface area contributed by atoms with Gasteiger partial charge in [-0.3, -0.25) is 9.78 Å². The molecule has 1 N–H and O–H groups in total. The van der Waals surface area contributed by atoms with Crippen molar-refractivity contribution in [3.63, 3.8) is 0 Å². The third kappa shape index (κ3) is 4.89. The minimum atomic E-state index is 0.0634. The number of aromatic nitrogens is 1. The summed E-state index contributed by atoms with van der Waals surface area (Å²) >= 11 is 12.1. The van der Waals surface area contributed by atoms with Crippen molar-refractivity contribution in [3.05, 3.63) is 57.8 Å². The molecule has 3 rings (SSSR count). The van der Waals surface area contributed by atoms with E-state index in [4.69, 9.17) is 23.2 Å². The highest BCUT2D eigenvalue weighted by Gasteiger charge is 2.22. The second-order valence-electron chi connectivity index (χ2n) is 6.87. The van der Waals surface area contributed by atoms with Gasteiger partial charge < -0.3 is 10.2 Å². The average molecular weight is 392 g/mol. The van der Waals surface area contributed by atoms with Crippen LogP contribution >= 0.6 is 23.2 Å². The van der Waals surface area contributed by atoms with Crippen LogP contribution in [0, 0.1) is 5.92 Å². The van der Waals surface area contributed by atoms with E-state index >= 15 is 0 Å². The molecule has 0 saturated carbocycles. The summed E-state index contributed by atoms with van der Waals surface area (Å²) < 4.78 is 0. The monoisotopic (exact) mass is 391 g/mol. The SMILES string of the molecule is CC1CCCN(C(=O)c2cncc(NCCc3ccc(Cl)cc3Cl)c2)C1. The Bertz CT molecular complexity index is 781. The van der Waals surface area contributed by atoms with Crippen LogP contribution in [0.1, 0.15) is 35.7 Å². The van der Waals surface area contributed by atoms with Crippen molar-refractivity contribution in [1.82, 2.24) is 9.88 Å². The van der Waals surface area contributed by atoms with E-state index in [1.807, 2.05) is 23.1 Å². The van der Waals surface area contributed by atoms with Gasteiger partial charge in [-0.1, -0.05) is 36.2 Å². The molecule has 26 heavy (non-hydrogen) atoms. The van der Waals surface area contributed by atoms with Crippen molar-refractivity contribution in [2.24, 2.45) is 5.92 Å². The van der Waals surface area contributed by atoms with Gasteiger partial charge in [-0.25, -0.2) is 0 Å². The molecule has 1 aromatic heterocycles. The summed E-state index contributed by atoms with van der Waals surface area (Å²) in [7, 11) is 0. The molecule has 0 spiro atoms. The van der Waals surface area contributed by atoms with Crippen molar-refractivity contribution >= 4 is 34.8 Å². The number of likely N-dealkylation sites (tertiary alicyclic amines) is 1. The number of carbonyl (C=O) groups is 1. The lowest BCUT2D eigenvalue weighted by Gasteiger charge is -2.31. The maximum atomic E-state index is 12.7. The van der Waals surface area contributed by atoms with Gasteiger partial charge in [0.25, 0.3) is 5.91 Å².